The summed E-state index contributed by atoms with van der Waals surface area (Å²) in [6.45, 7) is 1.66. The van der Waals surface area contributed by atoms with Crippen LogP contribution in [0, 0.1) is 0 Å². The van der Waals surface area contributed by atoms with Crippen molar-refractivity contribution in [3.63, 3.8) is 0 Å². The zero-order valence-electron chi connectivity index (χ0n) is 18.2. The van der Waals surface area contributed by atoms with Crippen LogP contribution in [0.15, 0.2) is 18.2 Å². The molecule has 1 aromatic rings. The van der Waals surface area contributed by atoms with E-state index in [0.717, 1.165) is 29.8 Å². The summed E-state index contributed by atoms with van der Waals surface area (Å²) < 4.78 is 0. The molecule has 4 aliphatic rings. The van der Waals surface area contributed by atoms with Crippen LogP contribution in [-0.4, -0.2) is 52.7 Å². The third-order valence-corrected chi connectivity index (χ3v) is 7.54. The highest BCUT2D eigenvalue weighted by atomic mass is 16.2. The molecule has 3 aliphatic heterocycles. The van der Waals surface area contributed by atoms with Gasteiger partial charge in [-0.2, -0.15) is 0 Å². The number of carbonyl (C=O) groups is 4. The van der Waals surface area contributed by atoms with Crippen LogP contribution in [-0.2, 0) is 16.1 Å². The molecule has 32 heavy (non-hydrogen) atoms. The highest BCUT2D eigenvalue weighted by Crippen LogP contribution is 2.35. The van der Waals surface area contributed by atoms with Crippen molar-refractivity contribution < 1.29 is 19.2 Å². The monoisotopic (exact) mass is 438 g/mol. The van der Waals surface area contributed by atoms with Crippen LogP contribution >= 0.6 is 0 Å². The minimum absolute atomic E-state index is 0.122. The third-order valence-electron chi connectivity index (χ3n) is 7.54. The number of nitrogens with one attached hydrogen (secondary N) is 3. The number of fused-ring (bicyclic) bond motifs is 1. The number of amides is 4. The van der Waals surface area contributed by atoms with E-state index in [1.165, 1.54) is 32.1 Å². The lowest BCUT2D eigenvalue weighted by atomic mass is 9.75. The van der Waals surface area contributed by atoms with E-state index >= 15 is 0 Å². The highest BCUT2D eigenvalue weighted by molar-refractivity contribution is 6.23. The topological polar surface area (TPSA) is 108 Å². The number of carbonyl (C=O) groups excluding carboxylic acids is 4. The van der Waals surface area contributed by atoms with Crippen molar-refractivity contribution in [2.24, 2.45) is 0 Å². The first-order valence-corrected chi connectivity index (χ1v) is 11.8. The smallest absolute Gasteiger partial charge is 0.262 e. The second-order valence-corrected chi connectivity index (χ2v) is 9.67. The molecule has 0 aromatic heterocycles. The molecule has 8 nitrogen and oxygen atoms in total. The number of nitrogens with zero attached hydrogens (tertiary/aromatic N) is 1. The Morgan fingerprint density at radius 3 is 2.56 bits per heavy atom. The highest BCUT2D eigenvalue weighted by Gasteiger charge is 2.44. The Balaban J connectivity index is 1.26. The molecule has 170 valence electrons. The maximum Gasteiger partial charge on any atom is 0.262 e. The number of imide groups is 2. The molecule has 2 unspecified atom stereocenters. The van der Waals surface area contributed by atoms with Gasteiger partial charge in [0, 0.05) is 24.5 Å². The van der Waals surface area contributed by atoms with Gasteiger partial charge in [-0.05, 0) is 56.3 Å². The van der Waals surface area contributed by atoms with Gasteiger partial charge in [0.1, 0.15) is 6.04 Å². The Morgan fingerprint density at radius 1 is 1.00 bits per heavy atom. The molecule has 8 heteroatoms. The molecule has 3 N–H and O–H groups in total. The molecular weight excluding hydrogens is 408 g/mol. The van der Waals surface area contributed by atoms with Gasteiger partial charge in [0.2, 0.25) is 11.8 Å². The van der Waals surface area contributed by atoms with E-state index in [-0.39, 0.29) is 24.3 Å². The Bertz CT molecular complexity index is 963. The lowest BCUT2D eigenvalue weighted by Crippen LogP contribution is -2.56. The van der Waals surface area contributed by atoms with Crippen molar-refractivity contribution in [1.82, 2.24) is 20.9 Å². The normalized spacial score (nSPS) is 27.6. The molecule has 1 spiro atoms. The van der Waals surface area contributed by atoms with E-state index < -0.39 is 23.8 Å². The molecule has 2 atom stereocenters. The summed E-state index contributed by atoms with van der Waals surface area (Å²) in [6.07, 6.45) is 8.91. The summed E-state index contributed by atoms with van der Waals surface area (Å²) in [4.78, 5) is 50.5. The van der Waals surface area contributed by atoms with Crippen LogP contribution in [0.2, 0.25) is 0 Å². The average Bonchev–Trinajstić information content (AvgIpc) is 3.03. The van der Waals surface area contributed by atoms with E-state index in [0.29, 0.717) is 23.7 Å². The molecule has 0 radical (unpaired) electrons. The van der Waals surface area contributed by atoms with Gasteiger partial charge in [-0.1, -0.05) is 25.3 Å². The van der Waals surface area contributed by atoms with Gasteiger partial charge in [-0.25, -0.2) is 0 Å². The van der Waals surface area contributed by atoms with Gasteiger partial charge in [0.25, 0.3) is 11.8 Å². The van der Waals surface area contributed by atoms with Gasteiger partial charge in [-0.3, -0.25) is 29.4 Å². The lowest BCUT2D eigenvalue weighted by molar-refractivity contribution is -0.136. The van der Waals surface area contributed by atoms with Gasteiger partial charge in [0.05, 0.1) is 11.1 Å². The number of rotatable bonds is 4. The van der Waals surface area contributed by atoms with Crippen molar-refractivity contribution in [1.29, 1.82) is 0 Å². The Morgan fingerprint density at radius 2 is 1.78 bits per heavy atom. The molecular formula is C24H30N4O4. The molecule has 1 aliphatic carbocycles. The quantitative estimate of drug-likeness (QED) is 0.617. The summed E-state index contributed by atoms with van der Waals surface area (Å²) in [7, 11) is 0. The number of piperidine rings is 2. The van der Waals surface area contributed by atoms with Crippen LogP contribution in [0.1, 0.15) is 84.1 Å². The van der Waals surface area contributed by atoms with Crippen molar-refractivity contribution >= 4 is 23.6 Å². The second-order valence-electron chi connectivity index (χ2n) is 9.67. The van der Waals surface area contributed by atoms with Crippen LogP contribution in [0.4, 0.5) is 0 Å². The third kappa shape index (κ3) is 3.86. The van der Waals surface area contributed by atoms with Crippen LogP contribution in [0.25, 0.3) is 0 Å². The van der Waals surface area contributed by atoms with Gasteiger partial charge in [0.15, 0.2) is 0 Å². The predicted molar refractivity (Wildman–Crippen MR) is 117 cm³/mol. The standard InChI is InChI=1S/C24H30N4O4/c29-20-7-6-19(21(30)27-20)28-22(31)17-5-4-15(12-18(17)23(28)32)14-25-16-8-11-26-24(13-16)9-2-1-3-10-24/h4-5,12,16,19,25-26H,1-3,6-11,13-14H2,(H,27,29,30). The predicted octanol–water partition coefficient (Wildman–Crippen LogP) is 1.63. The summed E-state index contributed by atoms with van der Waals surface area (Å²) in [5, 5.41) is 9.66. The summed E-state index contributed by atoms with van der Waals surface area (Å²) in [5.74, 6) is -1.87. The zero-order valence-corrected chi connectivity index (χ0v) is 18.2. The summed E-state index contributed by atoms with van der Waals surface area (Å²) in [5.41, 5.74) is 1.89. The van der Waals surface area contributed by atoms with E-state index in [1.807, 2.05) is 6.07 Å². The fourth-order valence-electron chi connectivity index (χ4n) is 5.83. The summed E-state index contributed by atoms with van der Waals surface area (Å²) >= 11 is 0. The number of hydrogen-bond acceptors (Lipinski definition) is 6. The van der Waals surface area contributed by atoms with E-state index in [1.54, 1.807) is 12.1 Å². The minimum atomic E-state index is -0.928. The fourth-order valence-corrected chi connectivity index (χ4v) is 5.83. The van der Waals surface area contributed by atoms with Crippen molar-refractivity contribution in [2.45, 2.75) is 82.0 Å². The zero-order chi connectivity index (χ0) is 22.3. The van der Waals surface area contributed by atoms with E-state index in [9.17, 15) is 19.2 Å². The molecule has 0 bridgehead atoms. The van der Waals surface area contributed by atoms with E-state index in [4.69, 9.17) is 0 Å². The Hall–Kier alpha value is -2.58. The van der Waals surface area contributed by atoms with Crippen LogP contribution in [0.3, 0.4) is 0 Å². The van der Waals surface area contributed by atoms with Crippen molar-refractivity contribution in [2.75, 3.05) is 6.54 Å². The Labute approximate surface area is 187 Å². The first kappa shape index (κ1) is 21.3. The molecule has 2 saturated heterocycles. The maximum atomic E-state index is 13.0. The Kier molecular flexibility index (Phi) is 5.59. The summed E-state index contributed by atoms with van der Waals surface area (Å²) in [6, 6.07) is 4.83. The van der Waals surface area contributed by atoms with Gasteiger partial charge < -0.3 is 10.6 Å². The van der Waals surface area contributed by atoms with Crippen molar-refractivity contribution in [3.8, 4) is 0 Å². The molecule has 4 amide bonds. The lowest BCUT2D eigenvalue weighted by Gasteiger charge is -2.45. The second kappa shape index (κ2) is 8.41. The molecule has 3 heterocycles. The first-order chi connectivity index (χ1) is 15.5. The van der Waals surface area contributed by atoms with Crippen LogP contribution in [0.5, 0.6) is 0 Å². The SMILES string of the molecule is O=C1CCC(N2C(=O)c3ccc(CNC4CCNC5(CCCCC5)C4)cc3C2=O)C(=O)N1. The molecule has 5 rings (SSSR count). The van der Waals surface area contributed by atoms with Gasteiger partial charge in [-0.15, -0.1) is 0 Å². The average molecular weight is 439 g/mol. The van der Waals surface area contributed by atoms with Crippen LogP contribution < -0.4 is 16.0 Å². The maximum absolute atomic E-state index is 13.0. The number of benzene rings is 1. The molecule has 3 fully saturated rings. The fraction of sp³-hybridized carbons (Fsp3) is 0.583. The largest absolute Gasteiger partial charge is 0.311 e. The van der Waals surface area contributed by atoms with E-state index in [2.05, 4.69) is 16.0 Å². The minimum Gasteiger partial charge on any atom is -0.311 e. The molecule has 1 aromatic carbocycles. The molecule has 1 saturated carbocycles. The first-order valence-electron chi connectivity index (χ1n) is 11.8. The van der Waals surface area contributed by atoms with Gasteiger partial charge >= 0.3 is 0 Å². The van der Waals surface area contributed by atoms with Crippen molar-refractivity contribution in [3.05, 3.63) is 34.9 Å². The number of hydrogen-bond donors (Lipinski definition) is 3.